The SMILES string of the molecule is C=CCCC(Oc1ccc(C(=O)c2cn(CCCC(=O)O)c3ccccc23)cc1)c1ccc(CC(C)C)cc1. The van der Waals surface area contributed by atoms with Gasteiger partial charge >= 0.3 is 5.97 Å². The highest BCUT2D eigenvalue weighted by Gasteiger charge is 2.18. The molecule has 4 aromatic rings. The summed E-state index contributed by atoms with van der Waals surface area (Å²) in [5.74, 6) is 0.431. The number of benzene rings is 3. The van der Waals surface area contributed by atoms with Gasteiger partial charge in [0.25, 0.3) is 0 Å². The molecule has 1 aromatic heterocycles. The molecular formula is C34H37NO4. The minimum Gasteiger partial charge on any atom is -0.486 e. The third kappa shape index (κ3) is 7.26. The number of aliphatic carboxylic acids is 1. The van der Waals surface area contributed by atoms with E-state index in [4.69, 9.17) is 9.84 Å². The van der Waals surface area contributed by atoms with Crippen LogP contribution in [0.5, 0.6) is 5.75 Å². The van der Waals surface area contributed by atoms with Gasteiger partial charge in [0.2, 0.25) is 0 Å². The lowest BCUT2D eigenvalue weighted by Gasteiger charge is -2.20. The number of hydrogen-bond donors (Lipinski definition) is 1. The van der Waals surface area contributed by atoms with Crippen LogP contribution in [0, 0.1) is 5.92 Å². The van der Waals surface area contributed by atoms with E-state index in [1.165, 1.54) is 5.56 Å². The molecule has 5 heteroatoms. The number of para-hydroxylation sites is 1. The highest BCUT2D eigenvalue weighted by atomic mass is 16.5. The highest BCUT2D eigenvalue weighted by molar-refractivity contribution is 6.16. The number of ketones is 1. The van der Waals surface area contributed by atoms with E-state index in [0.29, 0.717) is 35.8 Å². The lowest BCUT2D eigenvalue weighted by atomic mass is 9.98. The molecule has 0 fully saturated rings. The van der Waals surface area contributed by atoms with Gasteiger partial charge in [-0.1, -0.05) is 62.4 Å². The van der Waals surface area contributed by atoms with Crippen molar-refractivity contribution in [1.29, 1.82) is 0 Å². The van der Waals surface area contributed by atoms with Crippen molar-refractivity contribution < 1.29 is 19.4 Å². The Morgan fingerprint density at radius 3 is 2.38 bits per heavy atom. The van der Waals surface area contributed by atoms with E-state index in [0.717, 1.165) is 35.7 Å². The van der Waals surface area contributed by atoms with Crippen LogP contribution in [-0.2, 0) is 17.8 Å². The molecule has 5 nitrogen and oxygen atoms in total. The van der Waals surface area contributed by atoms with Crippen molar-refractivity contribution in [2.75, 3.05) is 0 Å². The number of hydrogen-bond acceptors (Lipinski definition) is 3. The molecule has 3 aromatic carbocycles. The summed E-state index contributed by atoms with van der Waals surface area (Å²) in [6.07, 6.45) is 6.93. The van der Waals surface area contributed by atoms with Gasteiger partial charge in [-0.3, -0.25) is 9.59 Å². The van der Waals surface area contributed by atoms with E-state index < -0.39 is 5.97 Å². The topological polar surface area (TPSA) is 68.5 Å². The molecule has 0 aliphatic heterocycles. The van der Waals surface area contributed by atoms with Gasteiger partial charge in [-0.25, -0.2) is 0 Å². The van der Waals surface area contributed by atoms with Gasteiger partial charge < -0.3 is 14.4 Å². The van der Waals surface area contributed by atoms with Crippen LogP contribution in [0.15, 0.2) is 91.6 Å². The molecule has 202 valence electrons. The first-order valence-electron chi connectivity index (χ1n) is 13.7. The van der Waals surface area contributed by atoms with E-state index in [-0.39, 0.29) is 18.3 Å². The maximum absolute atomic E-state index is 13.5. The number of allylic oxidation sites excluding steroid dienone is 1. The van der Waals surface area contributed by atoms with Crippen molar-refractivity contribution in [3.05, 3.63) is 114 Å². The second kappa shape index (κ2) is 13.1. The Bertz CT molecular complexity index is 1410. The highest BCUT2D eigenvalue weighted by Crippen LogP contribution is 2.29. The average molecular weight is 524 g/mol. The van der Waals surface area contributed by atoms with Crippen LogP contribution in [0.2, 0.25) is 0 Å². The fraction of sp³-hybridized carbons (Fsp3) is 0.294. The number of carbonyl (C=O) groups is 2. The van der Waals surface area contributed by atoms with Crippen LogP contribution >= 0.6 is 0 Å². The Morgan fingerprint density at radius 1 is 1.00 bits per heavy atom. The third-order valence-electron chi connectivity index (χ3n) is 6.85. The van der Waals surface area contributed by atoms with Gasteiger partial charge in [-0.2, -0.15) is 0 Å². The average Bonchev–Trinajstić information content (AvgIpc) is 3.29. The number of fused-ring (bicyclic) bond motifs is 1. The second-order valence-corrected chi connectivity index (χ2v) is 10.4. The van der Waals surface area contributed by atoms with E-state index in [9.17, 15) is 9.59 Å². The van der Waals surface area contributed by atoms with Crippen LogP contribution in [-0.4, -0.2) is 21.4 Å². The molecule has 1 N–H and O–H groups in total. The van der Waals surface area contributed by atoms with Crippen molar-refractivity contribution in [2.24, 2.45) is 5.92 Å². The molecule has 0 amide bonds. The van der Waals surface area contributed by atoms with E-state index >= 15 is 0 Å². The van der Waals surface area contributed by atoms with Crippen LogP contribution in [0.3, 0.4) is 0 Å². The lowest BCUT2D eigenvalue weighted by Crippen LogP contribution is -2.08. The first-order valence-corrected chi connectivity index (χ1v) is 13.7. The predicted octanol–water partition coefficient (Wildman–Crippen LogP) is 8.02. The Hall–Kier alpha value is -4.12. The van der Waals surface area contributed by atoms with Crippen molar-refractivity contribution in [3.8, 4) is 5.75 Å². The standard InChI is InChI=1S/C34H37NO4/c1-4-5-11-32(26-15-13-25(14-16-26)22-24(2)3)39-28-19-17-27(18-20-28)34(38)30-23-35(21-8-12-33(36)37)31-10-7-6-9-29(30)31/h4,6-7,9-10,13-20,23-24,32H,1,5,8,11-12,21-22H2,2-3H3,(H,36,37). The fourth-order valence-corrected chi connectivity index (χ4v) is 4.92. The molecule has 0 bridgehead atoms. The summed E-state index contributed by atoms with van der Waals surface area (Å²) in [5.41, 5.74) is 4.56. The molecule has 0 saturated heterocycles. The van der Waals surface area contributed by atoms with Crippen LogP contribution in [0.1, 0.15) is 72.7 Å². The van der Waals surface area contributed by atoms with Gasteiger partial charge in [0.15, 0.2) is 5.78 Å². The number of ether oxygens (including phenoxy) is 1. The molecule has 0 aliphatic carbocycles. The van der Waals surface area contributed by atoms with E-state index in [1.807, 2.05) is 65.4 Å². The molecule has 39 heavy (non-hydrogen) atoms. The summed E-state index contributed by atoms with van der Waals surface area (Å²) in [7, 11) is 0. The van der Waals surface area contributed by atoms with Gasteiger partial charge in [0.1, 0.15) is 11.9 Å². The number of carbonyl (C=O) groups excluding carboxylic acids is 1. The zero-order valence-corrected chi connectivity index (χ0v) is 22.8. The number of carboxylic acids is 1. The number of nitrogens with zero attached hydrogens (tertiary/aromatic N) is 1. The van der Waals surface area contributed by atoms with Crippen LogP contribution < -0.4 is 4.74 Å². The first kappa shape index (κ1) is 27.9. The fourth-order valence-electron chi connectivity index (χ4n) is 4.92. The molecule has 0 radical (unpaired) electrons. The van der Waals surface area contributed by atoms with E-state index in [1.54, 1.807) is 0 Å². The molecule has 1 heterocycles. The minimum atomic E-state index is -0.819. The lowest BCUT2D eigenvalue weighted by molar-refractivity contribution is -0.137. The maximum Gasteiger partial charge on any atom is 0.303 e. The van der Waals surface area contributed by atoms with Crippen molar-refractivity contribution in [3.63, 3.8) is 0 Å². The Kier molecular flexibility index (Phi) is 9.37. The zero-order valence-electron chi connectivity index (χ0n) is 22.8. The van der Waals surface area contributed by atoms with Gasteiger partial charge in [-0.05, 0) is 73.1 Å². The number of aryl methyl sites for hydroxylation is 1. The van der Waals surface area contributed by atoms with Gasteiger partial charge in [-0.15, -0.1) is 6.58 Å². The molecule has 0 saturated carbocycles. The Morgan fingerprint density at radius 2 is 1.72 bits per heavy atom. The molecule has 0 spiro atoms. The Balaban J connectivity index is 1.51. The Labute approximate surface area is 230 Å². The third-order valence-corrected chi connectivity index (χ3v) is 6.85. The van der Waals surface area contributed by atoms with Crippen molar-refractivity contribution >= 4 is 22.7 Å². The quantitative estimate of drug-likeness (QED) is 0.134. The second-order valence-electron chi connectivity index (χ2n) is 10.4. The normalized spacial score (nSPS) is 12.0. The van der Waals surface area contributed by atoms with Gasteiger partial charge in [0.05, 0.1) is 0 Å². The van der Waals surface area contributed by atoms with Crippen LogP contribution in [0.25, 0.3) is 10.9 Å². The molecule has 4 rings (SSSR count). The van der Waals surface area contributed by atoms with Gasteiger partial charge in [0, 0.05) is 41.2 Å². The summed E-state index contributed by atoms with van der Waals surface area (Å²) in [6, 6.07) is 23.7. The molecular weight excluding hydrogens is 486 g/mol. The summed E-state index contributed by atoms with van der Waals surface area (Å²) < 4.78 is 8.36. The first-order chi connectivity index (χ1) is 18.9. The largest absolute Gasteiger partial charge is 0.486 e. The zero-order chi connectivity index (χ0) is 27.8. The van der Waals surface area contributed by atoms with Crippen molar-refractivity contribution in [2.45, 2.75) is 58.6 Å². The monoisotopic (exact) mass is 523 g/mol. The predicted molar refractivity (Wildman–Crippen MR) is 156 cm³/mol. The molecule has 1 atom stereocenters. The molecule has 1 unspecified atom stereocenters. The number of aromatic nitrogens is 1. The summed E-state index contributed by atoms with van der Waals surface area (Å²) >= 11 is 0. The smallest absolute Gasteiger partial charge is 0.303 e. The number of rotatable bonds is 14. The summed E-state index contributed by atoms with van der Waals surface area (Å²) in [4.78, 5) is 24.4. The molecule has 0 aliphatic rings. The minimum absolute atomic E-state index is 0.0707. The van der Waals surface area contributed by atoms with Crippen molar-refractivity contribution in [1.82, 2.24) is 4.57 Å². The number of carboxylic acid groups (broad SMARTS) is 1. The summed E-state index contributed by atoms with van der Waals surface area (Å²) in [5, 5.41) is 9.86. The maximum atomic E-state index is 13.5. The van der Waals surface area contributed by atoms with Crippen LogP contribution in [0.4, 0.5) is 0 Å². The summed E-state index contributed by atoms with van der Waals surface area (Å²) in [6.45, 7) is 8.85. The van der Waals surface area contributed by atoms with E-state index in [2.05, 4.69) is 44.7 Å².